The van der Waals surface area contributed by atoms with E-state index in [1.807, 2.05) is 31.2 Å². The molecule has 2 heterocycles. The summed E-state index contributed by atoms with van der Waals surface area (Å²) in [6.07, 6.45) is 5.98. The van der Waals surface area contributed by atoms with Gasteiger partial charge in [-0.15, -0.1) is 0 Å². The topological polar surface area (TPSA) is 84.7 Å². The van der Waals surface area contributed by atoms with Gasteiger partial charge in [-0.1, -0.05) is 25.1 Å². The van der Waals surface area contributed by atoms with Crippen LogP contribution < -0.4 is 15.0 Å². The third-order valence-electron chi connectivity index (χ3n) is 6.48. The lowest BCUT2D eigenvalue weighted by Gasteiger charge is -2.47. The van der Waals surface area contributed by atoms with Gasteiger partial charge in [-0.25, -0.2) is 0 Å². The minimum Gasteiger partial charge on any atom is -0.463 e. The molecule has 1 unspecified atom stereocenters. The molecule has 0 aromatic heterocycles. The maximum atomic E-state index is 12.1. The number of nitro benzene ring substituents is 1. The second kappa shape index (κ2) is 8.30. The third-order valence-corrected chi connectivity index (χ3v) is 6.48. The number of amides is 1. The van der Waals surface area contributed by atoms with Gasteiger partial charge in [0, 0.05) is 42.9 Å². The summed E-state index contributed by atoms with van der Waals surface area (Å²) in [5.74, 6) is 0.676. The van der Waals surface area contributed by atoms with E-state index in [-0.39, 0.29) is 17.0 Å². The number of nitro groups is 1. The fourth-order valence-corrected chi connectivity index (χ4v) is 4.74. The number of nitrogens with one attached hydrogen (secondary N) is 1. The molecule has 0 radical (unpaired) electrons. The summed E-state index contributed by atoms with van der Waals surface area (Å²) < 4.78 is 6.66. The van der Waals surface area contributed by atoms with Crippen LogP contribution in [0.25, 0.3) is 6.08 Å². The number of hydrogen-bond donors (Lipinski definition) is 1. The summed E-state index contributed by atoms with van der Waals surface area (Å²) >= 11 is 0. The van der Waals surface area contributed by atoms with Crippen LogP contribution in [-0.2, 0) is 10.2 Å². The van der Waals surface area contributed by atoms with Crippen molar-refractivity contribution in [2.24, 2.45) is 0 Å². The molecular weight excluding hydrogens is 406 g/mol. The van der Waals surface area contributed by atoms with Gasteiger partial charge in [0.2, 0.25) is 11.6 Å². The Bertz CT molecular complexity index is 1080. The molecule has 0 aliphatic carbocycles. The fraction of sp³-hybridized carbons (Fsp3) is 0.400. The Morgan fingerprint density at radius 1 is 1.22 bits per heavy atom. The van der Waals surface area contributed by atoms with Crippen molar-refractivity contribution in [3.05, 3.63) is 69.8 Å². The lowest BCUT2D eigenvalue weighted by Crippen LogP contribution is -2.59. The van der Waals surface area contributed by atoms with E-state index in [0.717, 1.165) is 12.1 Å². The van der Waals surface area contributed by atoms with Gasteiger partial charge in [0.05, 0.1) is 10.3 Å². The first-order chi connectivity index (χ1) is 15.3. The average Bonchev–Trinajstić information content (AvgIpc) is 2.96. The van der Waals surface area contributed by atoms with E-state index >= 15 is 0 Å². The molecule has 2 aliphatic rings. The Labute approximate surface area is 188 Å². The number of carbonyl (C=O) groups is 1. The van der Waals surface area contributed by atoms with E-state index in [1.165, 1.54) is 17.7 Å². The molecule has 1 amide bonds. The van der Waals surface area contributed by atoms with Crippen LogP contribution in [0.5, 0.6) is 5.75 Å². The molecule has 7 heteroatoms. The maximum Gasteiger partial charge on any atom is 0.270 e. The van der Waals surface area contributed by atoms with Crippen molar-refractivity contribution in [2.75, 3.05) is 18.0 Å². The number of rotatable bonds is 7. The monoisotopic (exact) mass is 435 g/mol. The van der Waals surface area contributed by atoms with Crippen molar-refractivity contribution >= 4 is 23.4 Å². The molecule has 168 valence electrons. The van der Waals surface area contributed by atoms with Crippen LogP contribution in [0.2, 0.25) is 0 Å². The van der Waals surface area contributed by atoms with Crippen LogP contribution in [0.15, 0.2) is 48.5 Å². The highest BCUT2D eigenvalue weighted by Gasteiger charge is 2.58. The Kier molecular flexibility index (Phi) is 5.67. The van der Waals surface area contributed by atoms with Crippen LogP contribution in [0.4, 0.5) is 11.4 Å². The molecule has 0 saturated carbocycles. The molecule has 32 heavy (non-hydrogen) atoms. The molecule has 2 aromatic rings. The molecule has 0 fully saturated rings. The van der Waals surface area contributed by atoms with Crippen LogP contribution >= 0.6 is 0 Å². The average molecular weight is 436 g/mol. The smallest absolute Gasteiger partial charge is 0.270 e. The van der Waals surface area contributed by atoms with Crippen LogP contribution in [-0.4, -0.2) is 29.6 Å². The first-order valence-corrected chi connectivity index (χ1v) is 11.1. The summed E-state index contributed by atoms with van der Waals surface area (Å²) in [6.45, 7) is 7.68. The number of fused-ring (bicyclic) bond motifs is 2. The van der Waals surface area contributed by atoms with Crippen LogP contribution in [0, 0.1) is 10.1 Å². The molecule has 1 spiro atoms. The third kappa shape index (κ3) is 3.51. The second-order valence-electron chi connectivity index (χ2n) is 8.86. The highest BCUT2D eigenvalue weighted by atomic mass is 16.6. The van der Waals surface area contributed by atoms with Crippen molar-refractivity contribution < 1.29 is 14.5 Å². The normalized spacial score (nSPS) is 19.9. The van der Waals surface area contributed by atoms with Gasteiger partial charge in [-0.2, -0.15) is 0 Å². The molecule has 7 nitrogen and oxygen atoms in total. The zero-order valence-electron chi connectivity index (χ0n) is 18.8. The molecule has 2 aromatic carbocycles. The molecule has 1 N–H and O–H groups in total. The Morgan fingerprint density at radius 2 is 2.00 bits per heavy atom. The Hall–Kier alpha value is -3.35. The number of carbonyl (C=O) groups excluding carboxylic acids is 1. The predicted octanol–water partition coefficient (Wildman–Crippen LogP) is 4.80. The zero-order chi connectivity index (χ0) is 22.9. The summed E-state index contributed by atoms with van der Waals surface area (Å²) in [5.41, 5.74) is 1.81. The fourth-order valence-electron chi connectivity index (χ4n) is 4.74. The Morgan fingerprint density at radius 3 is 2.75 bits per heavy atom. The van der Waals surface area contributed by atoms with E-state index in [2.05, 4.69) is 36.2 Å². The van der Waals surface area contributed by atoms with Crippen molar-refractivity contribution in [1.29, 1.82) is 0 Å². The van der Waals surface area contributed by atoms with E-state index in [4.69, 9.17) is 4.74 Å². The highest BCUT2D eigenvalue weighted by molar-refractivity contribution is 5.76. The van der Waals surface area contributed by atoms with Gasteiger partial charge in [0.25, 0.3) is 5.69 Å². The highest BCUT2D eigenvalue weighted by Crippen LogP contribution is 2.55. The first-order valence-electron chi connectivity index (χ1n) is 11.1. The number of hydrogen-bond acceptors (Lipinski definition) is 5. The maximum absolute atomic E-state index is 12.1. The number of ether oxygens (including phenoxy) is 1. The van der Waals surface area contributed by atoms with Crippen LogP contribution in [0.3, 0.4) is 0 Å². The number of nitrogens with zero attached hydrogens (tertiary/aromatic N) is 2. The van der Waals surface area contributed by atoms with Gasteiger partial charge >= 0.3 is 0 Å². The van der Waals surface area contributed by atoms with E-state index in [0.29, 0.717) is 37.2 Å². The van der Waals surface area contributed by atoms with Gasteiger partial charge in [-0.05, 0) is 56.5 Å². The molecule has 2 aliphatic heterocycles. The molecule has 0 saturated heterocycles. The lowest BCUT2D eigenvalue weighted by molar-refractivity contribution is -0.384. The van der Waals surface area contributed by atoms with Crippen LogP contribution in [0.1, 0.15) is 51.2 Å². The molecule has 4 rings (SSSR count). The van der Waals surface area contributed by atoms with Gasteiger partial charge in [0.15, 0.2) is 0 Å². The lowest BCUT2D eigenvalue weighted by atomic mass is 9.76. The number of benzene rings is 2. The summed E-state index contributed by atoms with van der Waals surface area (Å²) in [6, 6.07) is 12.9. The van der Waals surface area contributed by atoms with Crippen molar-refractivity contribution in [1.82, 2.24) is 5.32 Å². The molecule has 0 bridgehead atoms. The van der Waals surface area contributed by atoms with Crippen molar-refractivity contribution in [3.63, 3.8) is 0 Å². The summed E-state index contributed by atoms with van der Waals surface area (Å²) in [7, 11) is 0. The van der Waals surface area contributed by atoms with E-state index in [1.54, 1.807) is 6.07 Å². The van der Waals surface area contributed by atoms with Crippen molar-refractivity contribution in [2.45, 2.75) is 51.2 Å². The molecule has 1 atom stereocenters. The quantitative estimate of drug-likeness (QED) is 0.499. The Balaban J connectivity index is 1.67. The number of non-ortho nitro benzene ring substituents is 1. The zero-order valence-corrected chi connectivity index (χ0v) is 18.8. The largest absolute Gasteiger partial charge is 0.463 e. The predicted molar refractivity (Wildman–Crippen MR) is 125 cm³/mol. The molecular formula is C25H29N3O4. The standard InChI is InChI=1S/C25H29N3O4/c1-4-15-26-23(29)10-7-16-27-21-9-6-5-8-20(21)24(2,3)25(27)14-13-18-17-19(28(30)31)11-12-22(18)32-25/h5-6,8-9,11-14,17H,4,7,10,15-16H2,1-3H3,(H,26,29). The summed E-state index contributed by atoms with van der Waals surface area (Å²) in [5, 5.41) is 14.1. The minimum atomic E-state index is -0.792. The van der Waals surface area contributed by atoms with Gasteiger partial charge in [-0.3, -0.25) is 14.9 Å². The van der Waals surface area contributed by atoms with Gasteiger partial charge in [0.1, 0.15) is 5.75 Å². The van der Waals surface area contributed by atoms with E-state index in [9.17, 15) is 14.9 Å². The van der Waals surface area contributed by atoms with Crippen molar-refractivity contribution in [3.8, 4) is 5.75 Å². The number of anilines is 1. The summed E-state index contributed by atoms with van der Waals surface area (Å²) in [4.78, 5) is 25.1. The minimum absolute atomic E-state index is 0.0388. The first kappa shape index (κ1) is 21.9. The van der Waals surface area contributed by atoms with Gasteiger partial charge < -0.3 is 15.0 Å². The number of para-hydroxylation sites is 1. The second-order valence-corrected chi connectivity index (χ2v) is 8.86. The van der Waals surface area contributed by atoms with E-state index < -0.39 is 10.6 Å². The SMILES string of the molecule is CCCNC(=O)CCCN1c2ccccc2C(C)(C)C12C=Cc1cc([N+](=O)[O-])ccc1O2.